The number of hydrogen-bond donors (Lipinski definition) is 1. The van der Waals surface area contributed by atoms with Crippen molar-refractivity contribution in [3.05, 3.63) is 113 Å². The van der Waals surface area contributed by atoms with Crippen molar-refractivity contribution in [2.45, 2.75) is 6.04 Å². The van der Waals surface area contributed by atoms with E-state index in [1.165, 1.54) is 21.9 Å². The molecule has 6 heteroatoms. The lowest BCUT2D eigenvalue weighted by Gasteiger charge is -2.20. The summed E-state index contributed by atoms with van der Waals surface area (Å²) < 4.78 is 2.15. The van der Waals surface area contributed by atoms with Gasteiger partial charge in [0.2, 0.25) is 0 Å². The maximum atomic E-state index is 8.36. The van der Waals surface area contributed by atoms with Crippen LogP contribution < -0.4 is 0 Å². The van der Waals surface area contributed by atoms with Crippen LogP contribution in [0.15, 0.2) is 91.5 Å². The van der Waals surface area contributed by atoms with Crippen LogP contribution in [0.3, 0.4) is 0 Å². The van der Waals surface area contributed by atoms with Crippen molar-refractivity contribution in [1.29, 1.82) is 0 Å². The molecular formula is C20H17N3O3. The Bertz CT molecular complexity index is 982. The summed E-state index contributed by atoms with van der Waals surface area (Å²) in [6.07, 6.45) is 5.73. The third kappa shape index (κ3) is 4.05. The summed E-state index contributed by atoms with van der Waals surface area (Å²) in [5.74, 6) is 0. The SMILES string of the molecule is O=[N+]([O-])O.c1ccc(C(c2ccc3ccccc3c2)n2ccnc2)cc1. The van der Waals surface area contributed by atoms with E-state index >= 15 is 0 Å². The summed E-state index contributed by atoms with van der Waals surface area (Å²) in [5.41, 5.74) is 2.53. The lowest BCUT2D eigenvalue weighted by Crippen LogP contribution is -2.10. The predicted molar refractivity (Wildman–Crippen MR) is 98.6 cm³/mol. The van der Waals surface area contributed by atoms with Crippen molar-refractivity contribution < 1.29 is 10.3 Å². The van der Waals surface area contributed by atoms with Crippen LogP contribution in [-0.2, 0) is 0 Å². The summed E-state index contributed by atoms with van der Waals surface area (Å²) >= 11 is 0. The second kappa shape index (κ2) is 7.94. The van der Waals surface area contributed by atoms with Crippen LogP contribution in [-0.4, -0.2) is 19.8 Å². The molecular weight excluding hydrogens is 330 g/mol. The van der Waals surface area contributed by atoms with Crippen LogP contribution in [0.5, 0.6) is 0 Å². The van der Waals surface area contributed by atoms with Gasteiger partial charge in [0.05, 0.1) is 12.4 Å². The molecule has 6 nitrogen and oxygen atoms in total. The summed E-state index contributed by atoms with van der Waals surface area (Å²) in [5, 5.41) is 16.2. The van der Waals surface area contributed by atoms with Crippen LogP contribution in [0.25, 0.3) is 10.8 Å². The summed E-state index contributed by atoms with van der Waals surface area (Å²) in [6, 6.07) is 25.8. The summed E-state index contributed by atoms with van der Waals surface area (Å²) in [4.78, 5) is 12.6. The van der Waals surface area contributed by atoms with Crippen LogP contribution in [0.1, 0.15) is 17.2 Å². The molecule has 4 aromatic rings. The van der Waals surface area contributed by atoms with Crippen LogP contribution in [0.2, 0.25) is 0 Å². The van der Waals surface area contributed by atoms with E-state index in [-0.39, 0.29) is 6.04 Å². The van der Waals surface area contributed by atoms with Gasteiger partial charge in [0.25, 0.3) is 5.09 Å². The first-order chi connectivity index (χ1) is 12.6. The van der Waals surface area contributed by atoms with Gasteiger partial charge in [-0.2, -0.15) is 0 Å². The standard InChI is InChI=1S/C20H16N2.HNO3/c1-2-7-17(8-3-1)20(22-13-12-21-15-22)19-11-10-16-6-4-5-9-18(16)14-19;2-1(3)4/h1-15,20H;(H,2,3,4). The van der Waals surface area contributed by atoms with E-state index in [0.717, 1.165) is 0 Å². The molecule has 1 N–H and O–H groups in total. The van der Waals surface area contributed by atoms with Crippen molar-refractivity contribution in [3.8, 4) is 0 Å². The highest BCUT2D eigenvalue weighted by atomic mass is 16.9. The fourth-order valence-corrected chi connectivity index (χ4v) is 2.97. The number of rotatable bonds is 3. The first-order valence-electron chi connectivity index (χ1n) is 7.99. The molecule has 1 aromatic heterocycles. The van der Waals surface area contributed by atoms with Gasteiger partial charge in [-0.25, -0.2) is 4.98 Å². The van der Waals surface area contributed by atoms with Gasteiger partial charge in [-0.15, -0.1) is 10.1 Å². The normalized spacial score (nSPS) is 11.4. The summed E-state index contributed by atoms with van der Waals surface area (Å²) in [7, 11) is 0. The second-order valence-electron chi connectivity index (χ2n) is 5.67. The maximum absolute atomic E-state index is 8.36. The van der Waals surface area contributed by atoms with Crippen molar-refractivity contribution in [2.75, 3.05) is 0 Å². The molecule has 1 unspecified atom stereocenters. The van der Waals surface area contributed by atoms with E-state index < -0.39 is 5.09 Å². The molecule has 4 rings (SSSR count). The third-order valence-electron chi connectivity index (χ3n) is 4.03. The van der Waals surface area contributed by atoms with Crippen LogP contribution >= 0.6 is 0 Å². The number of fused-ring (bicyclic) bond motifs is 1. The van der Waals surface area contributed by atoms with Gasteiger partial charge in [-0.3, -0.25) is 0 Å². The minimum Gasteiger partial charge on any atom is -0.328 e. The minimum absolute atomic E-state index is 0.147. The highest BCUT2D eigenvalue weighted by Crippen LogP contribution is 2.28. The highest BCUT2D eigenvalue weighted by molar-refractivity contribution is 5.83. The van der Waals surface area contributed by atoms with E-state index in [1.54, 1.807) is 0 Å². The highest BCUT2D eigenvalue weighted by Gasteiger charge is 2.15. The van der Waals surface area contributed by atoms with Crippen molar-refractivity contribution in [1.82, 2.24) is 9.55 Å². The van der Waals surface area contributed by atoms with E-state index in [2.05, 4.69) is 82.3 Å². The molecule has 0 aliphatic rings. The molecule has 1 atom stereocenters. The zero-order valence-corrected chi connectivity index (χ0v) is 13.8. The van der Waals surface area contributed by atoms with Crippen molar-refractivity contribution in [2.24, 2.45) is 0 Å². The zero-order chi connectivity index (χ0) is 18.4. The molecule has 26 heavy (non-hydrogen) atoms. The lowest BCUT2D eigenvalue weighted by atomic mass is 9.96. The Kier molecular flexibility index (Phi) is 5.24. The molecule has 0 bridgehead atoms. The van der Waals surface area contributed by atoms with E-state index in [0.29, 0.717) is 0 Å². The molecule has 0 saturated heterocycles. The number of hydrogen-bond acceptors (Lipinski definition) is 3. The van der Waals surface area contributed by atoms with E-state index in [1.807, 2.05) is 18.7 Å². The Balaban J connectivity index is 0.000000447. The monoisotopic (exact) mass is 347 g/mol. The Labute approximate surface area is 150 Å². The van der Waals surface area contributed by atoms with Gasteiger partial charge < -0.3 is 9.77 Å². The largest absolute Gasteiger partial charge is 0.328 e. The number of nitrogens with zero attached hydrogens (tertiary/aromatic N) is 3. The average molecular weight is 347 g/mol. The number of aromatic nitrogens is 2. The first kappa shape index (κ1) is 17.2. The molecule has 0 radical (unpaired) electrons. The molecule has 0 amide bonds. The first-order valence-corrected chi connectivity index (χ1v) is 7.99. The predicted octanol–water partition coefficient (Wildman–Crippen LogP) is 4.33. The minimum atomic E-state index is -1.50. The molecule has 0 saturated carbocycles. The van der Waals surface area contributed by atoms with Gasteiger partial charge >= 0.3 is 0 Å². The average Bonchev–Trinajstić information content (AvgIpc) is 3.16. The van der Waals surface area contributed by atoms with Gasteiger partial charge in [0.15, 0.2) is 0 Å². The van der Waals surface area contributed by atoms with Crippen LogP contribution in [0.4, 0.5) is 0 Å². The zero-order valence-electron chi connectivity index (χ0n) is 13.8. The molecule has 1 heterocycles. The smallest absolute Gasteiger partial charge is 0.291 e. The van der Waals surface area contributed by atoms with Gasteiger partial charge in [0, 0.05) is 12.4 Å². The summed E-state index contributed by atoms with van der Waals surface area (Å²) in [6.45, 7) is 0. The Morgan fingerprint density at radius 2 is 1.58 bits per heavy atom. The number of benzene rings is 3. The molecule has 130 valence electrons. The Morgan fingerprint density at radius 1 is 0.923 bits per heavy atom. The second-order valence-corrected chi connectivity index (χ2v) is 5.67. The molecule has 0 fully saturated rings. The lowest BCUT2D eigenvalue weighted by molar-refractivity contribution is -0.742. The van der Waals surface area contributed by atoms with Gasteiger partial charge in [-0.05, 0) is 28.0 Å². The van der Waals surface area contributed by atoms with E-state index in [9.17, 15) is 0 Å². The number of imidazole rings is 1. The maximum Gasteiger partial charge on any atom is 0.291 e. The van der Waals surface area contributed by atoms with Gasteiger partial charge in [-0.1, -0.05) is 66.7 Å². The van der Waals surface area contributed by atoms with Crippen LogP contribution in [0, 0.1) is 10.1 Å². The van der Waals surface area contributed by atoms with Crippen molar-refractivity contribution in [3.63, 3.8) is 0 Å². The quantitative estimate of drug-likeness (QED) is 0.442. The molecule has 0 spiro atoms. The third-order valence-corrected chi connectivity index (χ3v) is 4.03. The van der Waals surface area contributed by atoms with Crippen molar-refractivity contribution >= 4 is 10.8 Å². The van der Waals surface area contributed by atoms with Gasteiger partial charge in [0.1, 0.15) is 0 Å². The Morgan fingerprint density at radius 3 is 2.23 bits per heavy atom. The van der Waals surface area contributed by atoms with E-state index in [4.69, 9.17) is 15.3 Å². The molecule has 0 aliphatic heterocycles. The fourth-order valence-electron chi connectivity index (χ4n) is 2.97. The Hall–Kier alpha value is -3.67. The molecule has 0 aliphatic carbocycles. The molecule has 3 aromatic carbocycles. The fraction of sp³-hybridized carbons (Fsp3) is 0.0500. The topological polar surface area (TPSA) is 81.2 Å².